The fraction of sp³-hybridized carbons (Fsp3) is 0.125. The SMILES string of the molecule is Br.O=C(CBr)c1ccccc1Cl. The van der Waals surface area contributed by atoms with Crippen LogP contribution in [0.1, 0.15) is 10.4 Å². The van der Waals surface area contributed by atoms with E-state index in [1.807, 2.05) is 0 Å². The Balaban J connectivity index is 0.00000121. The van der Waals surface area contributed by atoms with Gasteiger partial charge in [-0.25, -0.2) is 0 Å². The van der Waals surface area contributed by atoms with Gasteiger partial charge in [0.2, 0.25) is 0 Å². The Morgan fingerprint density at radius 2 is 2.00 bits per heavy atom. The van der Waals surface area contributed by atoms with Crippen LogP contribution in [-0.4, -0.2) is 11.1 Å². The second-order valence-corrected chi connectivity index (χ2v) is 3.00. The van der Waals surface area contributed by atoms with E-state index in [-0.39, 0.29) is 22.8 Å². The fourth-order valence-corrected chi connectivity index (χ4v) is 1.30. The summed E-state index contributed by atoms with van der Waals surface area (Å²) in [6.45, 7) is 0. The molecule has 0 N–H and O–H groups in total. The summed E-state index contributed by atoms with van der Waals surface area (Å²) in [4.78, 5) is 11.1. The number of hydrogen-bond acceptors (Lipinski definition) is 1. The smallest absolute Gasteiger partial charge is 0.174 e. The molecule has 0 amide bonds. The first-order chi connectivity index (χ1) is 5.25. The molecule has 0 fully saturated rings. The van der Waals surface area contributed by atoms with E-state index in [2.05, 4.69) is 15.9 Å². The van der Waals surface area contributed by atoms with Gasteiger partial charge in [0, 0.05) is 5.56 Å². The number of carbonyl (C=O) groups is 1. The van der Waals surface area contributed by atoms with Crippen molar-refractivity contribution in [3.8, 4) is 0 Å². The molecule has 0 unspecified atom stereocenters. The summed E-state index contributed by atoms with van der Waals surface area (Å²) in [5.74, 6) is 0.00981. The van der Waals surface area contributed by atoms with Gasteiger partial charge in [-0.05, 0) is 12.1 Å². The highest BCUT2D eigenvalue weighted by molar-refractivity contribution is 9.09. The number of Topliss-reactive ketones (excluding diaryl/α,β-unsaturated/α-hetero) is 1. The van der Waals surface area contributed by atoms with Crippen molar-refractivity contribution in [3.05, 3.63) is 34.9 Å². The van der Waals surface area contributed by atoms with Gasteiger partial charge in [0.05, 0.1) is 10.4 Å². The standard InChI is InChI=1S/C8H6BrClO.BrH/c9-5-8(11)6-3-1-2-4-7(6)10;/h1-4H,5H2;1H. The third-order valence-corrected chi connectivity index (χ3v) is 2.13. The molecule has 0 aliphatic heterocycles. The quantitative estimate of drug-likeness (QED) is 0.603. The summed E-state index contributed by atoms with van der Waals surface area (Å²) in [5, 5.41) is 0.827. The average molecular weight is 314 g/mol. The zero-order chi connectivity index (χ0) is 8.27. The molecule has 1 aromatic carbocycles. The predicted octanol–water partition coefficient (Wildman–Crippen LogP) is 3.50. The van der Waals surface area contributed by atoms with Gasteiger partial charge in [-0.2, -0.15) is 0 Å². The van der Waals surface area contributed by atoms with Crippen LogP contribution < -0.4 is 0 Å². The number of halogens is 3. The highest BCUT2D eigenvalue weighted by Gasteiger charge is 2.06. The van der Waals surface area contributed by atoms with E-state index in [0.29, 0.717) is 15.9 Å². The third kappa shape index (κ3) is 2.88. The maximum Gasteiger partial charge on any atom is 0.174 e. The molecular formula is C8H7Br2ClO. The molecule has 0 aromatic heterocycles. The van der Waals surface area contributed by atoms with Gasteiger partial charge in [0.15, 0.2) is 5.78 Å². The molecule has 0 spiro atoms. The zero-order valence-electron chi connectivity index (χ0n) is 6.09. The number of rotatable bonds is 2. The molecule has 0 radical (unpaired) electrons. The van der Waals surface area contributed by atoms with Crippen LogP contribution in [-0.2, 0) is 0 Å². The van der Waals surface area contributed by atoms with Crippen LogP contribution in [0.2, 0.25) is 5.02 Å². The number of alkyl halides is 1. The molecule has 0 aliphatic rings. The van der Waals surface area contributed by atoms with Gasteiger partial charge < -0.3 is 0 Å². The molecule has 1 nitrogen and oxygen atoms in total. The van der Waals surface area contributed by atoms with E-state index < -0.39 is 0 Å². The van der Waals surface area contributed by atoms with Crippen LogP contribution in [0, 0.1) is 0 Å². The molecule has 0 aliphatic carbocycles. The van der Waals surface area contributed by atoms with Crippen molar-refractivity contribution in [2.75, 3.05) is 5.33 Å². The summed E-state index contributed by atoms with van der Waals surface area (Å²) in [5.41, 5.74) is 0.575. The first kappa shape index (κ1) is 12.1. The van der Waals surface area contributed by atoms with Crippen LogP contribution >= 0.6 is 44.5 Å². The minimum Gasteiger partial charge on any atom is -0.293 e. The highest BCUT2D eigenvalue weighted by Crippen LogP contribution is 2.15. The summed E-state index contributed by atoms with van der Waals surface area (Å²) in [6, 6.07) is 7.01. The predicted molar refractivity (Wildman–Crippen MR) is 59.9 cm³/mol. The lowest BCUT2D eigenvalue weighted by Gasteiger charge is -1.97. The monoisotopic (exact) mass is 312 g/mol. The minimum atomic E-state index is 0. The van der Waals surface area contributed by atoms with Crippen LogP contribution in [0.25, 0.3) is 0 Å². The molecule has 0 bridgehead atoms. The molecule has 12 heavy (non-hydrogen) atoms. The molecule has 4 heteroatoms. The Bertz CT molecular complexity index is 276. The van der Waals surface area contributed by atoms with Gasteiger partial charge in [-0.15, -0.1) is 17.0 Å². The van der Waals surface area contributed by atoms with Crippen LogP contribution in [0.5, 0.6) is 0 Å². The highest BCUT2D eigenvalue weighted by atomic mass is 79.9. The summed E-state index contributed by atoms with van der Waals surface area (Å²) < 4.78 is 0. The maximum atomic E-state index is 11.1. The topological polar surface area (TPSA) is 17.1 Å². The summed E-state index contributed by atoms with van der Waals surface area (Å²) in [6.07, 6.45) is 0. The van der Waals surface area contributed by atoms with Gasteiger partial charge in [0.1, 0.15) is 0 Å². The zero-order valence-corrected chi connectivity index (χ0v) is 10.1. The van der Waals surface area contributed by atoms with E-state index in [0.717, 1.165) is 0 Å². The first-order valence-corrected chi connectivity index (χ1v) is 4.59. The largest absolute Gasteiger partial charge is 0.293 e. The van der Waals surface area contributed by atoms with Crippen molar-refractivity contribution in [2.45, 2.75) is 0 Å². The number of carbonyl (C=O) groups excluding carboxylic acids is 1. The van der Waals surface area contributed by atoms with Gasteiger partial charge in [0.25, 0.3) is 0 Å². The molecule has 1 aromatic rings. The lowest BCUT2D eigenvalue weighted by Crippen LogP contribution is -1.99. The van der Waals surface area contributed by atoms with Gasteiger partial charge >= 0.3 is 0 Å². The Hall–Kier alpha value is 0.140. The second-order valence-electron chi connectivity index (χ2n) is 2.04. The molecule has 0 saturated carbocycles. The van der Waals surface area contributed by atoms with Crippen molar-refractivity contribution >= 4 is 50.3 Å². The molecule has 0 saturated heterocycles. The number of ketones is 1. The Labute approximate surface area is 95.0 Å². The minimum absolute atomic E-state index is 0. The van der Waals surface area contributed by atoms with Gasteiger partial charge in [-0.1, -0.05) is 39.7 Å². The molecule has 66 valence electrons. The fourth-order valence-electron chi connectivity index (χ4n) is 0.759. The van der Waals surface area contributed by atoms with Crippen LogP contribution in [0.4, 0.5) is 0 Å². The molecule has 0 heterocycles. The maximum absolute atomic E-state index is 11.1. The molecular weight excluding hydrogens is 307 g/mol. The van der Waals surface area contributed by atoms with Crippen molar-refractivity contribution in [3.63, 3.8) is 0 Å². The van der Waals surface area contributed by atoms with Crippen molar-refractivity contribution in [2.24, 2.45) is 0 Å². The van der Waals surface area contributed by atoms with Crippen LogP contribution in [0.15, 0.2) is 24.3 Å². The van der Waals surface area contributed by atoms with E-state index in [1.54, 1.807) is 24.3 Å². The Kier molecular flexibility index (Phi) is 5.80. The Morgan fingerprint density at radius 1 is 1.42 bits per heavy atom. The van der Waals surface area contributed by atoms with Crippen molar-refractivity contribution in [1.82, 2.24) is 0 Å². The number of benzene rings is 1. The normalized spacial score (nSPS) is 8.83. The van der Waals surface area contributed by atoms with Gasteiger partial charge in [-0.3, -0.25) is 4.79 Å². The summed E-state index contributed by atoms with van der Waals surface area (Å²) >= 11 is 8.83. The van der Waals surface area contributed by atoms with E-state index in [1.165, 1.54) is 0 Å². The van der Waals surface area contributed by atoms with E-state index in [9.17, 15) is 4.79 Å². The van der Waals surface area contributed by atoms with E-state index in [4.69, 9.17) is 11.6 Å². The van der Waals surface area contributed by atoms with Crippen molar-refractivity contribution in [1.29, 1.82) is 0 Å². The lowest BCUT2D eigenvalue weighted by atomic mass is 10.1. The average Bonchev–Trinajstić information content (AvgIpc) is 2.04. The molecule has 1 rings (SSSR count). The first-order valence-electron chi connectivity index (χ1n) is 3.09. The lowest BCUT2D eigenvalue weighted by molar-refractivity contribution is 0.102. The third-order valence-electron chi connectivity index (χ3n) is 1.30. The number of hydrogen-bond donors (Lipinski definition) is 0. The van der Waals surface area contributed by atoms with E-state index >= 15 is 0 Å². The molecule has 0 atom stereocenters. The van der Waals surface area contributed by atoms with Crippen LogP contribution in [0.3, 0.4) is 0 Å². The summed E-state index contributed by atoms with van der Waals surface area (Å²) in [7, 11) is 0. The van der Waals surface area contributed by atoms with Crippen molar-refractivity contribution < 1.29 is 4.79 Å². The Morgan fingerprint density at radius 3 is 2.50 bits per heavy atom. The second kappa shape index (κ2) is 5.73.